The van der Waals surface area contributed by atoms with Crippen molar-refractivity contribution in [3.05, 3.63) is 36.2 Å². The lowest BCUT2D eigenvalue weighted by molar-refractivity contribution is 0.428. The number of nitrogens with two attached hydrogens (primary N) is 1. The minimum Gasteiger partial charge on any atom is -0.248 e. The molecule has 1 aromatic heterocycles. The van der Waals surface area contributed by atoms with Crippen LogP contribution >= 0.6 is 0 Å². The summed E-state index contributed by atoms with van der Waals surface area (Å²) in [5, 5.41) is 13.4. The van der Waals surface area contributed by atoms with Crippen LogP contribution < -0.4 is 5.14 Å². The SMILES string of the molecule is NS(=O)(=O)c1ccc(S(=O)(=O)N2CCC(n3cc(C4CC4)nn3)C2)cc1. The van der Waals surface area contributed by atoms with Crippen molar-refractivity contribution < 1.29 is 16.8 Å². The average Bonchev–Trinajstić information content (AvgIpc) is 3.11. The molecule has 26 heavy (non-hydrogen) atoms. The summed E-state index contributed by atoms with van der Waals surface area (Å²) in [6.07, 6.45) is 4.85. The zero-order valence-corrected chi connectivity index (χ0v) is 15.5. The van der Waals surface area contributed by atoms with E-state index in [-0.39, 0.29) is 15.8 Å². The van der Waals surface area contributed by atoms with Crippen LogP contribution in [0.4, 0.5) is 0 Å². The Bertz CT molecular complexity index is 1030. The van der Waals surface area contributed by atoms with Crippen molar-refractivity contribution in [3.8, 4) is 0 Å². The molecule has 1 aliphatic heterocycles. The van der Waals surface area contributed by atoms with Gasteiger partial charge in [0.05, 0.1) is 21.5 Å². The predicted molar refractivity (Wildman–Crippen MR) is 92.2 cm³/mol. The van der Waals surface area contributed by atoms with E-state index in [9.17, 15) is 16.8 Å². The zero-order valence-electron chi connectivity index (χ0n) is 13.9. The summed E-state index contributed by atoms with van der Waals surface area (Å²) in [6, 6.07) is 4.89. The van der Waals surface area contributed by atoms with Gasteiger partial charge in [0.15, 0.2) is 0 Å². The number of sulfonamides is 2. The molecule has 0 spiro atoms. The van der Waals surface area contributed by atoms with Crippen LogP contribution in [0.2, 0.25) is 0 Å². The quantitative estimate of drug-likeness (QED) is 0.779. The number of hydrogen-bond acceptors (Lipinski definition) is 6. The summed E-state index contributed by atoms with van der Waals surface area (Å²) in [5.74, 6) is 0.502. The Morgan fingerprint density at radius 3 is 2.27 bits per heavy atom. The van der Waals surface area contributed by atoms with E-state index in [0.29, 0.717) is 25.4 Å². The molecule has 1 saturated heterocycles. The van der Waals surface area contributed by atoms with Gasteiger partial charge in [-0.3, -0.25) is 0 Å². The third kappa shape index (κ3) is 3.27. The molecule has 0 bridgehead atoms. The molecule has 1 saturated carbocycles. The van der Waals surface area contributed by atoms with Gasteiger partial charge in [0, 0.05) is 25.2 Å². The molecule has 2 N–H and O–H groups in total. The largest absolute Gasteiger partial charge is 0.248 e. The molecule has 2 aliphatic rings. The van der Waals surface area contributed by atoms with Gasteiger partial charge in [0.2, 0.25) is 20.0 Å². The highest BCUT2D eigenvalue weighted by Crippen LogP contribution is 2.39. The molecule has 9 nitrogen and oxygen atoms in total. The summed E-state index contributed by atoms with van der Waals surface area (Å²) in [7, 11) is -7.56. The maximum Gasteiger partial charge on any atom is 0.243 e. The van der Waals surface area contributed by atoms with Crippen LogP contribution in [0.3, 0.4) is 0 Å². The van der Waals surface area contributed by atoms with Crippen LogP contribution in [0.25, 0.3) is 0 Å². The zero-order chi connectivity index (χ0) is 18.5. The van der Waals surface area contributed by atoms with Crippen LogP contribution in [0, 0.1) is 0 Å². The van der Waals surface area contributed by atoms with Crippen LogP contribution in [0.15, 0.2) is 40.3 Å². The van der Waals surface area contributed by atoms with E-state index < -0.39 is 20.0 Å². The molecule has 2 aromatic rings. The minimum atomic E-state index is -3.86. The van der Waals surface area contributed by atoms with Crippen molar-refractivity contribution in [1.29, 1.82) is 0 Å². The van der Waals surface area contributed by atoms with E-state index in [1.807, 2.05) is 6.20 Å². The Labute approximate surface area is 151 Å². The fourth-order valence-electron chi connectivity index (χ4n) is 3.13. The first-order valence-corrected chi connectivity index (χ1v) is 11.3. The molecular formula is C15H19N5O4S2. The molecule has 1 unspecified atom stereocenters. The monoisotopic (exact) mass is 397 g/mol. The summed E-state index contributed by atoms with van der Waals surface area (Å²) in [6.45, 7) is 0.690. The third-order valence-corrected chi connectivity index (χ3v) is 7.62. The first-order chi connectivity index (χ1) is 12.2. The van der Waals surface area contributed by atoms with Gasteiger partial charge in [-0.15, -0.1) is 5.10 Å². The molecule has 1 aromatic carbocycles. The summed E-state index contributed by atoms with van der Waals surface area (Å²) < 4.78 is 51.4. The number of hydrogen-bond donors (Lipinski definition) is 1. The normalized spacial score (nSPS) is 22.0. The average molecular weight is 397 g/mol. The lowest BCUT2D eigenvalue weighted by Gasteiger charge is -2.16. The van der Waals surface area contributed by atoms with Crippen molar-refractivity contribution in [3.63, 3.8) is 0 Å². The summed E-state index contributed by atoms with van der Waals surface area (Å²) in [4.78, 5) is -0.0752. The van der Waals surface area contributed by atoms with Gasteiger partial charge < -0.3 is 0 Å². The molecule has 0 amide bonds. The van der Waals surface area contributed by atoms with Crippen LogP contribution in [0.1, 0.15) is 36.9 Å². The number of rotatable bonds is 5. The summed E-state index contributed by atoms with van der Waals surface area (Å²) >= 11 is 0. The topological polar surface area (TPSA) is 128 Å². The molecule has 140 valence electrons. The van der Waals surface area contributed by atoms with E-state index in [1.165, 1.54) is 28.6 Å². The van der Waals surface area contributed by atoms with Gasteiger partial charge in [-0.1, -0.05) is 5.21 Å². The number of primary sulfonamides is 1. The van der Waals surface area contributed by atoms with Crippen LogP contribution in [0.5, 0.6) is 0 Å². The molecule has 2 fully saturated rings. The Hall–Kier alpha value is -1.82. The molecular weight excluding hydrogens is 378 g/mol. The first-order valence-electron chi connectivity index (χ1n) is 8.30. The van der Waals surface area contributed by atoms with E-state index in [1.54, 1.807) is 4.68 Å². The third-order valence-electron chi connectivity index (χ3n) is 4.81. The van der Waals surface area contributed by atoms with Crippen molar-refractivity contribution >= 4 is 20.0 Å². The first kappa shape index (κ1) is 17.6. The maximum atomic E-state index is 12.8. The number of benzene rings is 1. The molecule has 2 heterocycles. The Morgan fingerprint density at radius 1 is 1.00 bits per heavy atom. The highest BCUT2D eigenvalue weighted by molar-refractivity contribution is 7.89. The van der Waals surface area contributed by atoms with Gasteiger partial charge in [0.1, 0.15) is 0 Å². The Kier molecular flexibility index (Phi) is 4.14. The standard InChI is InChI=1S/C15H19N5O4S2/c16-25(21,22)13-3-5-14(6-4-13)26(23,24)19-8-7-12(9-19)20-10-15(17-18-20)11-1-2-11/h3-6,10-12H,1-2,7-9H2,(H2,16,21,22). The van der Waals surface area contributed by atoms with E-state index in [0.717, 1.165) is 18.5 Å². The summed E-state index contributed by atoms with van der Waals surface area (Å²) in [5.41, 5.74) is 0.977. The van der Waals surface area contributed by atoms with Crippen molar-refractivity contribution in [1.82, 2.24) is 19.3 Å². The maximum absolute atomic E-state index is 12.8. The molecule has 1 atom stereocenters. The lowest BCUT2D eigenvalue weighted by Crippen LogP contribution is -2.29. The number of nitrogens with zero attached hydrogens (tertiary/aromatic N) is 4. The van der Waals surface area contributed by atoms with Crippen molar-refractivity contribution in [2.75, 3.05) is 13.1 Å². The lowest BCUT2D eigenvalue weighted by atomic mass is 10.2. The van der Waals surface area contributed by atoms with E-state index >= 15 is 0 Å². The Morgan fingerprint density at radius 2 is 1.65 bits per heavy atom. The molecule has 4 rings (SSSR count). The molecule has 1 aliphatic carbocycles. The van der Waals surface area contributed by atoms with Crippen molar-refractivity contribution in [2.24, 2.45) is 5.14 Å². The van der Waals surface area contributed by atoms with Gasteiger partial charge >= 0.3 is 0 Å². The van der Waals surface area contributed by atoms with Crippen molar-refractivity contribution in [2.45, 2.75) is 41.0 Å². The Balaban J connectivity index is 1.51. The van der Waals surface area contributed by atoms with Crippen LogP contribution in [-0.2, 0) is 20.0 Å². The predicted octanol–water partition coefficient (Wildman–Crippen LogP) is 0.439. The van der Waals surface area contributed by atoms with Gasteiger partial charge in [-0.25, -0.2) is 26.7 Å². The fourth-order valence-corrected chi connectivity index (χ4v) is 5.14. The number of aromatic nitrogens is 3. The molecule has 11 heteroatoms. The fraction of sp³-hybridized carbons (Fsp3) is 0.467. The smallest absolute Gasteiger partial charge is 0.243 e. The van der Waals surface area contributed by atoms with Gasteiger partial charge in [-0.05, 0) is 43.5 Å². The minimum absolute atomic E-state index is 0.0443. The van der Waals surface area contributed by atoms with E-state index in [2.05, 4.69) is 10.3 Å². The second-order valence-corrected chi connectivity index (χ2v) is 10.2. The molecule has 0 radical (unpaired) electrons. The van der Waals surface area contributed by atoms with Gasteiger partial charge in [0.25, 0.3) is 0 Å². The second-order valence-electron chi connectivity index (χ2n) is 6.72. The second kappa shape index (κ2) is 6.12. The van der Waals surface area contributed by atoms with Gasteiger partial charge in [-0.2, -0.15) is 4.31 Å². The highest BCUT2D eigenvalue weighted by atomic mass is 32.2. The van der Waals surface area contributed by atoms with E-state index in [4.69, 9.17) is 5.14 Å². The highest BCUT2D eigenvalue weighted by Gasteiger charge is 2.35. The van der Waals surface area contributed by atoms with Crippen LogP contribution in [-0.4, -0.2) is 49.2 Å².